The van der Waals surface area contributed by atoms with Gasteiger partial charge in [0.1, 0.15) is 16.2 Å². The lowest BCUT2D eigenvalue weighted by Crippen LogP contribution is -2.12. The fourth-order valence-electron chi connectivity index (χ4n) is 2.18. The number of benzene rings is 2. The minimum atomic E-state index is -3.87. The van der Waals surface area contributed by atoms with Gasteiger partial charge in [0, 0.05) is 5.39 Å². The molecule has 0 aliphatic rings. The van der Waals surface area contributed by atoms with E-state index >= 15 is 0 Å². The van der Waals surface area contributed by atoms with Gasteiger partial charge in [-0.3, -0.25) is 0 Å². The van der Waals surface area contributed by atoms with Gasteiger partial charge in [-0.2, -0.15) is 0 Å². The lowest BCUT2D eigenvalue weighted by atomic mass is 10.2. The number of fused-ring (bicyclic) bond motifs is 1. The van der Waals surface area contributed by atoms with E-state index in [1.807, 2.05) is 30.3 Å². The fourth-order valence-corrected chi connectivity index (χ4v) is 3.05. The van der Waals surface area contributed by atoms with Crippen molar-refractivity contribution < 1.29 is 12.8 Å². The highest BCUT2D eigenvalue weighted by atomic mass is 32.2. The van der Waals surface area contributed by atoms with Gasteiger partial charge in [-0.15, -0.1) is 0 Å². The Balaban J connectivity index is 2.17. The fraction of sp³-hybridized carbons (Fsp3) is 0. The molecule has 0 fully saturated rings. The Labute approximate surface area is 122 Å². The summed E-state index contributed by atoms with van der Waals surface area (Å²) in [6, 6.07) is 16.5. The Kier molecular flexibility index (Phi) is 3.37. The van der Waals surface area contributed by atoms with Gasteiger partial charge in [0.05, 0.1) is 0 Å². The van der Waals surface area contributed by atoms with E-state index in [9.17, 15) is 8.42 Å². The van der Waals surface area contributed by atoms with Crippen molar-refractivity contribution in [2.24, 2.45) is 5.14 Å². The number of furan rings is 1. The van der Waals surface area contributed by atoms with Crippen molar-refractivity contribution in [3.63, 3.8) is 0 Å². The second-order valence-electron chi connectivity index (χ2n) is 4.58. The summed E-state index contributed by atoms with van der Waals surface area (Å²) in [5.74, 6) is 0.238. The van der Waals surface area contributed by atoms with Gasteiger partial charge in [0.15, 0.2) is 0 Å². The van der Waals surface area contributed by atoms with Crippen LogP contribution in [0.1, 0.15) is 11.3 Å². The maximum atomic E-state index is 11.8. The van der Waals surface area contributed by atoms with Crippen molar-refractivity contribution in [1.82, 2.24) is 0 Å². The quantitative estimate of drug-likeness (QED) is 0.806. The summed E-state index contributed by atoms with van der Waals surface area (Å²) in [5, 5.41) is 5.81. The summed E-state index contributed by atoms with van der Waals surface area (Å²) in [6.45, 7) is 0. The lowest BCUT2D eigenvalue weighted by Gasteiger charge is -1.96. The van der Waals surface area contributed by atoms with E-state index in [-0.39, 0.29) is 10.7 Å². The third-order valence-corrected chi connectivity index (χ3v) is 4.08. The zero-order chi connectivity index (χ0) is 14.9. The summed E-state index contributed by atoms with van der Waals surface area (Å²) in [5.41, 5.74) is 1.44. The van der Waals surface area contributed by atoms with Crippen LogP contribution in [0.5, 0.6) is 0 Å². The number of hydrogen-bond acceptors (Lipinski definition) is 3. The van der Waals surface area contributed by atoms with E-state index in [1.54, 1.807) is 36.4 Å². The molecule has 0 radical (unpaired) electrons. The largest absolute Gasteiger partial charge is 0.455 e. The molecule has 4 nitrogen and oxygen atoms in total. The van der Waals surface area contributed by atoms with Gasteiger partial charge < -0.3 is 4.42 Å². The van der Waals surface area contributed by atoms with Crippen molar-refractivity contribution in [2.75, 3.05) is 0 Å². The molecule has 0 amide bonds. The van der Waals surface area contributed by atoms with Crippen molar-refractivity contribution >= 4 is 33.1 Å². The van der Waals surface area contributed by atoms with E-state index in [4.69, 9.17) is 9.56 Å². The predicted molar refractivity (Wildman–Crippen MR) is 83.0 cm³/mol. The first kappa shape index (κ1) is 13.6. The van der Waals surface area contributed by atoms with Crippen LogP contribution in [0.15, 0.2) is 63.9 Å². The van der Waals surface area contributed by atoms with Crippen LogP contribution < -0.4 is 5.14 Å². The molecule has 21 heavy (non-hydrogen) atoms. The monoisotopic (exact) mass is 299 g/mol. The predicted octanol–water partition coefficient (Wildman–Crippen LogP) is 3.25. The molecule has 0 unspecified atom stereocenters. The lowest BCUT2D eigenvalue weighted by molar-refractivity contribution is 0.578. The third kappa shape index (κ3) is 2.74. The molecule has 2 N–H and O–H groups in total. The molecule has 1 aromatic heterocycles. The summed E-state index contributed by atoms with van der Waals surface area (Å²) in [4.78, 5) is 0.0188. The molecule has 0 bridgehead atoms. The molecule has 5 heteroatoms. The van der Waals surface area contributed by atoms with Crippen LogP contribution in [-0.4, -0.2) is 8.42 Å². The van der Waals surface area contributed by atoms with Crippen molar-refractivity contribution in [3.8, 4) is 0 Å². The normalized spacial score (nSPS) is 12.2. The molecule has 1 heterocycles. The van der Waals surface area contributed by atoms with E-state index in [2.05, 4.69) is 0 Å². The highest BCUT2D eigenvalue weighted by Gasteiger charge is 2.21. The summed E-state index contributed by atoms with van der Waals surface area (Å²) in [7, 11) is -3.87. The van der Waals surface area contributed by atoms with Crippen LogP contribution in [0.3, 0.4) is 0 Å². The zero-order valence-corrected chi connectivity index (χ0v) is 11.9. The Morgan fingerprint density at radius 2 is 1.57 bits per heavy atom. The van der Waals surface area contributed by atoms with E-state index in [0.717, 1.165) is 5.56 Å². The first-order valence-electron chi connectivity index (χ1n) is 6.33. The number of sulfonamides is 1. The summed E-state index contributed by atoms with van der Waals surface area (Å²) < 4.78 is 29.2. The summed E-state index contributed by atoms with van der Waals surface area (Å²) in [6.07, 6.45) is 3.40. The second-order valence-corrected chi connectivity index (χ2v) is 6.08. The molecule has 0 atom stereocenters. The van der Waals surface area contributed by atoms with E-state index in [0.29, 0.717) is 11.0 Å². The summed E-state index contributed by atoms with van der Waals surface area (Å²) >= 11 is 0. The van der Waals surface area contributed by atoms with Crippen LogP contribution in [0.2, 0.25) is 0 Å². The van der Waals surface area contributed by atoms with Crippen molar-refractivity contribution in [3.05, 3.63) is 65.9 Å². The topological polar surface area (TPSA) is 73.3 Å². The van der Waals surface area contributed by atoms with Gasteiger partial charge >= 0.3 is 0 Å². The molecule has 0 spiro atoms. The molecule has 2 aromatic carbocycles. The van der Waals surface area contributed by atoms with Crippen LogP contribution in [0.4, 0.5) is 0 Å². The van der Waals surface area contributed by atoms with Gasteiger partial charge in [0.2, 0.25) is 10.0 Å². The van der Waals surface area contributed by atoms with Gasteiger partial charge in [-0.25, -0.2) is 13.6 Å². The molecule has 0 saturated heterocycles. The Hall–Kier alpha value is -2.37. The molecular formula is C16H13NO3S. The van der Waals surface area contributed by atoms with E-state index in [1.165, 1.54) is 0 Å². The van der Waals surface area contributed by atoms with Crippen molar-refractivity contribution in [1.29, 1.82) is 0 Å². The SMILES string of the molecule is NS(=O)(=O)c1c(/C=C/c2ccccc2)oc2ccccc12. The zero-order valence-electron chi connectivity index (χ0n) is 11.1. The Bertz CT molecular complexity index is 909. The smallest absolute Gasteiger partial charge is 0.242 e. The standard InChI is InChI=1S/C16H13NO3S/c17-21(18,19)16-13-8-4-5-9-14(13)20-15(16)11-10-12-6-2-1-3-7-12/h1-11H,(H2,17,18,19)/b11-10+. The van der Waals surface area contributed by atoms with Gasteiger partial charge in [0.25, 0.3) is 0 Å². The van der Waals surface area contributed by atoms with Gasteiger partial charge in [-0.05, 0) is 23.8 Å². The highest BCUT2D eigenvalue weighted by molar-refractivity contribution is 7.89. The second kappa shape index (κ2) is 5.20. The van der Waals surface area contributed by atoms with Crippen LogP contribution in [-0.2, 0) is 10.0 Å². The minimum Gasteiger partial charge on any atom is -0.455 e. The minimum absolute atomic E-state index is 0.0188. The molecule has 3 rings (SSSR count). The highest BCUT2D eigenvalue weighted by Crippen LogP contribution is 2.30. The first-order chi connectivity index (χ1) is 10.1. The number of nitrogens with two attached hydrogens (primary N) is 1. The molecule has 0 saturated carbocycles. The van der Waals surface area contributed by atoms with Crippen LogP contribution in [0.25, 0.3) is 23.1 Å². The number of hydrogen-bond donors (Lipinski definition) is 1. The van der Waals surface area contributed by atoms with Gasteiger partial charge in [-0.1, -0.05) is 48.5 Å². The molecule has 0 aliphatic carbocycles. The molecule has 0 aliphatic heterocycles. The molecular weight excluding hydrogens is 286 g/mol. The Morgan fingerprint density at radius 1 is 0.905 bits per heavy atom. The molecule has 3 aromatic rings. The van der Waals surface area contributed by atoms with E-state index < -0.39 is 10.0 Å². The molecule has 106 valence electrons. The maximum absolute atomic E-state index is 11.8. The van der Waals surface area contributed by atoms with Crippen molar-refractivity contribution in [2.45, 2.75) is 4.90 Å². The third-order valence-electron chi connectivity index (χ3n) is 3.09. The average molecular weight is 299 g/mol. The van der Waals surface area contributed by atoms with Crippen LogP contribution >= 0.6 is 0 Å². The average Bonchev–Trinajstić information content (AvgIpc) is 2.84. The number of primary sulfonamides is 1. The van der Waals surface area contributed by atoms with Crippen LogP contribution in [0, 0.1) is 0 Å². The maximum Gasteiger partial charge on any atom is 0.242 e. The Morgan fingerprint density at radius 3 is 2.29 bits per heavy atom. The number of para-hydroxylation sites is 1. The first-order valence-corrected chi connectivity index (χ1v) is 7.88. The number of rotatable bonds is 3.